The number of aryl methyl sites for hydroxylation is 1. The highest BCUT2D eigenvalue weighted by Gasteiger charge is 2.17. The number of hydrogen-bond acceptors (Lipinski definition) is 5. The molecule has 7 heteroatoms. The van der Waals surface area contributed by atoms with Crippen LogP contribution in [0, 0.1) is 10.1 Å². The molecule has 0 saturated heterocycles. The van der Waals surface area contributed by atoms with Crippen LogP contribution in [-0.2, 0) is 13.6 Å². The maximum absolute atomic E-state index is 10.7. The van der Waals surface area contributed by atoms with E-state index in [0.29, 0.717) is 12.3 Å². The lowest BCUT2D eigenvalue weighted by Gasteiger charge is -1.98. The zero-order valence-corrected chi connectivity index (χ0v) is 8.58. The number of rotatable bonds is 4. The van der Waals surface area contributed by atoms with Gasteiger partial charge in [0.25, 0.3) is 0 Å². The van der Waals surface area contributed by atoms with Crippen molar-refractivity contribution in [2.75, 3.05) is 5.32 Å². The fraction of sp³-hybridized carbons (Fsp3) is 0.222. The summed E-state index contributed by atoms with van der Waals surface area (Å²) >= 11 is 0. The van der Waals surface area contributed by atoms with Crippen LogP contribution in [0.5, 0.6) is 0 Å². The van der Waals surface area contributed by atoms with Gasteiger partial charge in [0, 0.05) is 7.05 Å². The molecule has 0 amide bonds. The van der Waals surface area contributed by atoms with Crippen molar-refractivity contribution in [1.82, 2.24) is 9.78 Å². The Morgan fingerprint density at radius 1 is 1.69 bits per heavy atom. The first kappa shape index (κ1) is 10.2. The van der Waals surface area contributed by atoms with Gasteiger partial charge in [0.1, 0.15) is 12.0 Å². The normalized spacial score (nSPS) is 10.3. The van der Waals surface area contributed by atoms with Crippen LogP contribution in [0.4, 0.5) is 11.5 Å². The van der Waals surface area contributed by atoms with Gasteiger partial charge in [-0.05, 0) is 12.1 Å². The molecular weight excluding hydrogens is 212 g/mol. The summed E-state index contributed by atoms with van der Waals surface area (Å²) in [7, 11) is 1.63. The molecule has 0 unspecified atom stereocenters. The fourth-order valence-electron chi connectivity index (χ4n) is 1.32. The molecule has 0 aromatic carbocycles. The van der Waals surface area contributed by atoms with Crippen LogP contribution in [0.2, 0.25) is 0 Å². The van der Waals surface area contributed by atoms with E-state index >= 15 is 0 Å². The van der Waals surface area contributed by atoms with Crippen LogP contribution in [0.15, 0.2) is 29.0 Å². The van der Waals surface area contributed by atoms with Gasteiger partial charge in [0.05, 0.1) is 17.7 Å². The number of furan rings is 1. The summed E-state index contributed by atoms with van der Waals surface area (Å²) in [5.74, 6) is 0.934. The molecule has 0 radical (unpaired) electrons. The number of nitro groups is 1. The van der Waals surface area contributed by atoms with E-state index in [4.69, 9.17) is 4.42 Å². The van der Waals surface area contributed by atoms with Gasteiger partial charge in [0.15, 0.2) is 0 Å². The van der Waals surface area contributed by atoms with E-state index in [1.165, 1.54) is 10.9 Å². The molecule has 0 aliphatic heterocycles. The quantitative estimate of drug-likeness (QED) is 0.626. The zero-order valence-electron chi connectivity index (χ0n) is 8.58. The average molecular weight is 222 g/mol. The molecule has 0 fully saturated rings. The standard InChI is InChI=1S/C9H10N4O3/c1-12-6-8(13(14)15)9(11-12)10-5-7-3-2-4-16-7/h2-4,6H,5H2,1H3,(H,10,11). The number of anilines is 1. The van der Waals surface area contributed by atoms with Crippen molar-refractivity contribution in [2.45, 2.75) is 6.54 Å². The van der Waals surface area contributed by atoms with Crippen LogP contribution >= 0.6 is 0 Å². The lowest BCUT2D eigenvalue weighted by molar-refractivity contribution is -0.384. The molecule has 1 N–H and O–H groups in total. The molecule has 0 bridgehead atoms. The third-order valence-corrected chi connectivity index (χ3v) is 2.02. The topological polar surface area (TPSA) is 86.1 Å². The summed E-state index contributed by atoms with van der Waals surface area (Å²) in [6, 6.07) is 3.53. The second-order valence-electron chi connectivity index (χ2n) is 3.23. The molecule has 0 spiro atoms. The molecule has 84 valence electrons. The van der Waals surface area contributed by atoms with Crippen LogP contribution < -0.4 is 5.32 Å². The van der Waals surface area contributed by atoms with Gasteiger partial charge in [-0.15, -0.1) is 5.10 Å². The Morgan fingerprint density at radius 3 is 3.12 bits per heavy atom. The van der Waals surface area contributed by atoms with Crippen molar-refractivity contribution >= 4 is 11.5 Å². The van der Waals surface area contributed by atoms with Crippen molar-refractivity contribution in [3.63, 3.8) is 0 Å². The molecular formula is C9H10N4O3. The van der Waals surface area contributed by atoms with Gasteiger partial charge in [-0.25, -0.2) is 0 Å². The highest BCUT2D eigenvalue weighted by atomic mass is 16.6. The summed E-state index contributed by atoms with van der Waals surface area (Å²) < 4.78 is 6.49. The summed E-state index contributed by atoms with van der Waals surface area (Å²) in [6.45, 7) is 0.366. The van der Waals surface area contributed by atoms with E-state index in [-0.39, 0.29) is 11.5 Å². The number of hydrogen-bond donors (Lipinski definition) is 1. The van der Waals surface area contributed by atoms with E-state index in [9.17, 15) is 10.1 Å². The Labute approximate surface area is 90.8 Å². The smallest absolute Gasteiger partial charge is 0.330 e. The Hall–Kier alpha value is -2.31. The lowest BCUT2D eigenvalue weighted by atomic mass is 10.4. The first-order valence-electron chi connectivity index (χ1n) is 4.61. The molecule has 16 heavy (non-hydrogen) atoms. The van der Waals surface area contributed by atoms with Gasteiger partial charge < -0.3 is 9.73 Å². The van der Waals surface area contributed by atoms with Gasteiger partial charge in [-0.1, -0.05) is 0 Å². The molecule has 2 aromatic rings. The van der Waals surface area contributed by atoms with E-state index in [1.54, 1.807) is 25.4 Å². The molecule has 0 saturated carbocycles. The molecule has 2 heterocycles. The second kappa shape index (κ2) is 4.05. The van der Waals surface area contributed by atoms with E-state index in [1.807, 2.05) is 0 Å². The third-order valence-electron chi connectivity index (χ3n) is 2.02. The maximum atomic E-state index is 10.7. The minimum Gasteiger partial charge on any atom is -0.467 e. The van der Waals surface area contributed by atoms with Crippen LogP contribution in [0.3, 0.4) is 0 Å². The monoisotopic (exact) mass is 222 g/mol. The summed E-state index contributed by atoms with van der Waals surface area (Å²) in [6.07, 6.45) is 2.90. The molecule has 0 aliphatic rings. The molecule has 0 aliphatic carbocycles. The Kier molecular flexibility index (Phi) is 2.59. The van der Waals surface area contributed by atoms with Crippen molar-refractivity contribution in [3.05, 3.63) is 40.5 Å². The summed E-state index contributed by atoms with van der Waals surface area (Å²) in [5.41, 5.74) is -0.0472. The van der Waals surface area contributed by atoms with Crippen LogP contribution in [0.25, 0.3) is 0 Å². The van der Waals surface area contributed by atoms with Gasteiger partial charge in [0.2, 0.25) is 5.82 Å². The van der Waals surface area contributed by atoms with Crippen molar-refractivity contribution in [1.29, 1.82) is 0 Å². The molecule has 2 aromatic heterocycles. The Morgan fingerprint density at radius 2 is 2.50 bits per heavy atom. The summed E-state index contributed by atoms with van der Waals surface area (Å²) in [5, 5.41) is 17.5. The Bertz CT molecular complexity index is 489. The maximum Gasteiger partial charge on any atom is 0.330 e. The number of nitrogens with zero attached hydrogens (tertiary/aromatic N) is 3. The molecule has 7 nitrogen and oxygen atoms in total. The van der Waals surface area contributed by atoms with E-state index < -0.39 is 4.92 Å². The van der Waals surface area contributed by atoms with Crippen LogP contribution in [0.1, 0.15) is 5.76 Å². The van der Waals surface area contributed by atoms with Gasteiger partial charge >= 0.3 is 5.69 Å². The van der Waals surface area contributed by atoms with Crippen LogP contribution in [-0.4, -0.2) is 14.7 Å². The van der Waals surface area contributed by atoms with E-state index in [0.717, 1.165) is 0 Å². The van der Waals surface area contributed by atoms with Gasteiger partial charge in [-0.3, -0.25) is 14.8 Å². The SMILES string of the molecule is Cn1cc([N+](=O)[O-])c(NCc2ccco2)n1. The van der Waals surface area contributed by atoms with Crippen molar-refractivity contribution in [3.8, 4) is 0 Å². The predicted octanol–water partition coefficient (Wildman–Crippen LogP) is 1.53. The lowest BCUT2D eigenvalue weighted by Crippen LogP contribution is -2.01. The van der Waals surface area contributed by atoms with Gasteiger partial charge in [-0.2, -0.15) is 0 Å². The second-order valence-corrected chi connectivity index (χ2v) is 3.23. The first-order chi connectivity index (χ1) is 7.66. The Balaban J connectivity index is 2.12. The fourth-order valence-corrected chi connectivity index (χ4v) is 1.32. The molecule has 0 atom stereocenters. The number of aromatic nitrogens is 2. The van der Waals surface area contributed by atoms with Crippen molar-refractivity contribution < 1.29 is 9.34 Å². The third kappa shape index (κ3) is 2.02. The predicted molar refractivity (Wildman–Crippen MR) is 55.9 cm³/mol. The largest absolute Gasteiger partial charge is 0.467 e. The number of nitrogens with one attached hydrogen (secondary N) is 1. The highest BCUT2D eigenvalue weighted by molar-refractivity contribution is 5.54. The highest BCUT2D eigenvalue weighted by Crippen LogP contribution is 2.21. The minimum atomic E-state index is -0.475. The zero-order chi connectivity index (χ0) is 11.5. The molecule has 2 rings (SSSR count). The average Bonchev–Trinajstić information content (AvgIpc) is 2.83. The summed E-state index contributed by atoms with van der Waals surface area (Å²) in [4.78, 5) is 10.2. The van der Waals surface area contributed by atoms with E-state index in [2.05, 4.69) is 10.4 Å². The minimum absolute atomic E-state index is 0.0472. The van der Waals surface area contributed by atoms with Crippen molar-refractivity contribution in [2.24, 2.45) is 7.05 Å². The first-order valence-corrected chi connectivity index (χ1v) is 4.61.